The minimum Gasteiger partial charge on any atom is -0.445 e. The summed E-state index contributed by atoms with van der Waals surface area (Å²) in [5.41, 5.74) is 3.28. The Morgan fingerprint density at radius 1 is 1.19 bits per heavy atom. The molecule has 0 heterocycles. The van der Waals surface area contributed by atoms with Crippen molar-refractivity contribution in [3.8, 4) is 0 Å². The number of primary amides is 1. The Hall–Kier alpha value is -2.71. The molecular weight excluding hydrogens is 360 g/mol. The molecule has 0 aliphatic carbocycles. The highest BCUT2D eigenvalue weighted by Crippen LogP contribution is 2.17. The number of alkyl carbamates (subject to hydrolysis) is 1. The van der Waals surface area contributed by atoms with Crippen LogP contribution in [0.25, 0.3) is 0 Å². The Morgan fingerprint density at radius 2 is 1.78 bits per heavy atom. The minimum absolute atomic E-state index is 0.00981. The predicted molar refractivity (Wildman–Crippen MR) is 94.8 cm³/mol. The van der Waals surface area contributed by atoms with E-state index in [0.717, 1.165) is 6.92 Å². The fourth-order valence-corrected chi connectivity index (χ4v) is 2.21. The quantitative estimate of drug-likeness (QED) is 0.603. The fraction of sp³-hybridized carbons (Fsp3) is 0.500. The van der Waals surface area contributed by atoms with E-state index in [-0.39, 0.29) is 18.9 Å². The van der Waals surface area contributed by atoms with Crippen molar-refractivity contribution in [1.82, 2.24) is 10.6 Å². The summed E-state index contributed by atoms with van der Waals surface area (Å²) in [7, 11) is 0. The third-order valence-corrected chi connectivity index (χ3v) is 3.84. The summed E-state index contributed by atoms with van der Waals surface area (Å²) in [5, 5.41) is 4.07. The highest BCUT2D eigenvalue weighted by atomic mass is 19.3. The lowest BCUT2D eigenvalue weighted by atomic mass is 9.99. The second-order valence-electron chi connectivity index (χ2n) is 6.75. The molecule has 0 unspecified atom stereocenters. The molecule has 4 N–H and O–H groups in total. The number of alkyl halides is 2. The maximum Gasteiger partial charge on any atom is 0.408 e. The van der Waals surface area contributed by atoms with Gasteiger partial charge in [-0.15, -0.1) is 0 Å². The molecule has 3 amide bonds. The van der Waals surface area contributed by atoms with Gasteiger partial charge < -0.3 is 21.1 Å². The largest absolute Gasteiger partial charge is 0.445 e. The van der Waals surface area contributed by atoms with Crippen LogP contribution >= 0.6 is 0 Å². The van der Waals surface area contributed by atoms with E-state index in [2.05, 4.69) is 5.32 Å². The molecule has 150 valence electrons. The summed E-state index contributed by atoms with van der Waals surface area (Å²) < 4.78 is 31.9. The van der Waals surface area contributed by atoms with Gasteiger partial charge >= 0.3 is 6.09 Å². The number of nitrogens with one attached hydrogen (secondary N) is 2. The van der Waals surface area contributed by atoms with Gasteiger partial charge in [-0.1, -0.05) is 44.2 Å². The van der Waals surface area contributed by atoms with E-state index in [1.807, 2.05) is 5.32 Å². The topological polar surface area (TPSA) is 111 Å². The van der Waals surface area contributed by atoms with Gasteiger partial charge in [0.1, 0.15) is 12.6 Å². The summed E-state index contributed by atoms with van der Waals surface area (Å²) in [5.74, 6) is -2.08. The van der Waals surface area contributed by atoms with Gasteiger partial charge in [0.05, 0.1) is 0 Å². The molecule has 0 radical (unpaired) electrons. The van der Waals surface area contributed by atoms with Gasteiger partial charge in [-0.05, 0) is 24.8 Å². The number of amides is 3. The molecule has 1 aromatic rings. The van der Waals surface area contributed by atoms with Gasteiger partial charge in [-0.25, -0.2) is 13.6 Å². The molecule has 0 fully saturated rings. The lowest BCUT2D eigenvalue weighted by Gasteiger charge is -2.30. The summed E-state index contributed by atoms with van der Waals surface area (Å²) in [6.45, 7) is 4.27. The van der Waals surface area contributed by atoms with Gasteiger partial charge in [0.2, 0.25) is 5.91 Å². The number of ether oxygens (including phenoxy) is 1. The summed E-state index contributed by atoms with van der Waals surface area (Å²) in [6, 6.07) is 7.48. The molecule has 0 aliphatic rings. The first-order chi connectivity index (χ1) is 12.6. The molecule has 0 saturated carbocycles. The highest BCUT2D eigenvalue weighted by Gasteiger charge is 2.45. The molecule has 0 saturated heterocycles. The smallest absolute Gasteiger partial charge is 0.408 e. The van der Waals surface area contributed by atoms with Crippen molar-refractivity contribution in [2.24, 2.45) is 11.7 Å². The highest BCUT2D eigenvalue weighted by molar-refractivity contribution is 5.93. The molecular formula is C18H25F2N3O4. The lowest BCUT2D eigenvalue weighted by Crippen LogP contribution is -2.63. The average molecular weight is 385 g/mol. The number of rotatable bonds is 9. The van der Waals surface area contributed by atoms with Crippen LogP contribution in [0, 0.1) is 5.92 Å². The van der Waals surface area contributed by atoms with Crippen LogP contribution in [0.1, 0.15) is 32.8 Å². The molecule has 7 nitrogen and oxygen atoms in total. The van der Waals surface area contributed by atoms with E-state index >= 15 is 0 Å². The van der Waals surface area contributed by atoms with Gasteiger partial charge in [0.15, 0.2) is 5.54 Å². The first-order valence-electron chi connectivity index (χ1n) is 8.43. The Bertz CT molecular complexity index is 655. The number of halogens is 2. The SMILES string of the molecule is CC(C)C[C@H](NC(=O)[C@@](C)(NC(=O)OCc1ccccc1)C(F)F)C(N)=O. The van der Waals surface area contributed by atoms with E-state index in [0.29, 0.717) is 5.56 Å². The number of benzene rings is 1. The van der Waals surface area contributed by atoms with Crippen LogP contribution in [0.3, 0.4) is 0 Å². The Labute approximate surface area is 156 Å². The molecule has 27 heavy (non-hydrogen) atoms. The number of hydrogen-bond donors (Lipinski definition) is 3. The second kappa shape index (κ2) is 9.84. The van der Waals surface area contributed by atoms with Crippen LogP contribution in [0.5, 0.6) is 0 Å². The van der Waals surface area contributed by atoms with Crippen molar-refractivity contribution in [2.75, 3.05) is 0 Å². The molecule has 0 aromatic heterocycles. The molecule has 1 rings (SSSR count). The fourth-order valence-electron chi connectivity index (χ4n) is 2.21. The first-order valence-corrected chi connectivity index (χ1v) is 8.43. The molecule has 2 atom stereocenters. The Kier molecular flexibility index (Phi) is 8.14. The van der Waals surface area contributed by atoms with E-state index in [9.17, 15) is 23.2 Å². The summed E-state index contributed by atoms with van der Waals surface area (Å²) in [4.78, 5) is 35.7. The monoisotopic (exact) mass is 385 g/mol. The number of carbonyl (C=O) groups excluding carboxylic acids is 3. The van der Waals surface area contributed by atoms with Crippen molar-refractivity contribution in [3.05, 3.63) is 35.9 Å². The normalized spacial score (nSPS) is 14.3. The third kappa shape index (κ3) is 6.84. The van der Waals surface area contributed by atoms with Crippen molar-refractivity contribution in [3.63, 3.8) is 0 Å². The van der Waals surface area contributed by atoms with Gasteiger partial charge in [-0.3, -0.25) is 9.59 Å². The molecule has 9 heteroatoms. The maximum atomic E-state index is 13.5. The number of hydrogen-bond acceptors (Lipinski definition) is 4. The molecule has 0 bridgehead atoms. The zero-order valence-electron chi connectivity index (χ0n) is 15.5. The van der Waals surface area contributed by atoms with Crippen LogP contribution in [0.15, 0.2) is 30.3 Å². The average Bonchev–Trinajstić information content (AvgIpc) is 2.59. The van der Waals surface area contributed by atoms with Crippen molar-refractivity contribution >= 4 is 17.9 Å². The van der Waals surface area contributed by atoms with Gasteiger partial charge in [-0.2, -0.15) is 0 Å². The van der Waals surface area contributed by atoms with Crippen molar-refractivity contribution < 1.29 is 27.9 Å². The van der Waals surface area contributed by atoms with Gasteiger partial charge in [0.25, 0.3) is 12.3 Å². The van der Waals surface area contributed by atoms with Crippen LogP contribution in [0.4, 0.5) is 13.6 Å². The standard InChI is InChI=1S/C18H25F2N3O4/c1-11(2)9-13(14(21)24)22-16(25)18(3,15(19)20)23-17(26)27-10-12-7-5-4-6-8-12/h4-8,11,13,15H,9-10H2,1-3H3,(H2,21,24)(H,22,25)(H,23,26)/t13-,18-/m0/s1. The molecule has 1 aromatic carbocycles. The number of carbonyl (C=O) groups is 3. The van der Waals surface area contributed by atoms with Crippen molar-refractivity contribution in [1.29, 1.82) is 0 Å². The minimum atomic E-state index is -3.24. The Balaban J connectivity index is 2.78. The van der Waals surface area contributed by atoms with Crippen LogP contribution in [-0.4, -0.2) is 35.9 Å². The van der Waals surface area contributed by atoms with Crippen LogP contribution in [-0.2, 0) is 20.9 Å². The zero-order valence-corrected chi connectivity index (χ0v) is 15.5. The van der Waals surface area contributed by atoms with Crippen LogP contribution < -0.4 is 16.4 Å². The Morgan fingerprint density at radius 3 is 2.26 bits per heavy atom. The second-order valence-corrected chi connectivity index (χ2v) is 6.75. The zero-order chi connectivity index (χ0) is 20.6. The lowest BCUT2D eigenvalue weighted by molar-refractivity contribution is -0.136. The molecule has 0 aliphatic heterocycles. The van der Waals surface area contributed by atoms with Crippen molar-refractivity contribution in [2.45, 2.75) is 51.8 Å². The summed E-state index contributed by atoms with van der Waals surface area (Å²) in [6.07, 6.45) is -4.25. The number of nitrogens with two attached hydrogens (primary N) is 1. The van der Waals surface area contributed by atoms with E-state index in [1.54, 1.807) is 44.2 Å². The van der Waals surface area contributed by atoms with Crippen LogP contribution in [0.2, 0.25) is 0 Å². The first kappa shape index (κ1) is 22.3. The summed E-state index contributed by atoms with van der Waals surface area (Å²) >= 11 is 0. The third-order valence-electron chi connectivity index (χ3n) is 3.84. The van der Waals surface area contributed by atoms with Gasteiger partial charge in [0, 0.05) is 0 Å². The van der Waals surface area contributed by atoms with E-state index in [4.69, 9.17) is 10.5 Å². The van der Waals surface area contributed by atoms with E-state index in [1.165, 1.54) is 0 Å². The van der Waals surface area contributed by atoms with E-state index < -0.39 is 35.9 Å². The maximum absolute atomic E-state index is 13.5. The predicted octanol–water partition coefficient (Wildman–Crippen LogP) is 1.95. The molecule has 0 spiro atoms.